The average molecular weight is 361 g/mol. The van der Waals surface area contributed by atoms with E-state index >= 15 is 0 Å². The highest BCUT2D eigenvalue weighted by Gasteiger charge is 2.25. The molecule has 2 aliphatic rings. The minimum Gasteiger partial charge on any atom is -0.491 e. The summed E-state index contributed by atoms with van der Waals surface area (Å²) in [6, 6.07) is 8.45. The molecule has 6 nitrogen and oxygen atoms in total. The number of carbonyl (C=O) groups excluding carboxylic acids is 1. The van der Waals surface area contributed by atoms with Gasteiger partial charge in [-0.15, -0.1) is 0 Å². The van der Waals surface area contributed by atoms with E-state index in [1.807, 2.05) is 12.1 Å². The largest absolute Gasteiger partial charge is 0.491 e. The molecule has 144 valence electrons. The summed E-state index contributed by atoms with van der Waals surface area (Å²) in [7, 11) is 0. The Bertz CT molecular complexity index is 566. The number of hydrogen-bond donors (Lipinski definition) is 2. The fourth-order valence-corrected chi connectivity index (χ4v) is 3.20. The van der Waals surface area contributed by atoms with E-state index in [0.717, 1.165) is 51.2 Å². The normalized spacial score (nSPS) is 19.9. The molecule has 2 N–H and O–H groups in total. The van der Waals surface area contributed by atoms with Crippen LogP contribution in [0, 0.1) is 0 Å². The molecule has 0 spiro atoms. The zero-order valence-electron chi connectivity index (χ0n) is 15.7. The summed E-state index contributed by atoms with van der Waals surface area (Å²) >= 11 is 0. The summed E-state index contributed by atoms with van der Waals surface area (Å²) in [5.41, 5.74) is 1.28. The van der Waals surface area contributed by atoms with Crippen molar-refractivity contribution in [3.05, 3.63) is 29.8 Å². The molecule has 1 aromatic rings. The number of nitrogens with one attached hydrogen (secondary N) is 1. The van der Waals surface area contributed by atoms with Crippen molar-refractivity contribution in [3.8, 4) is 5.75 Å². The van der Waals surface area contributed by atoms with E-state index in [2.05, 4.69) is 34.2 Å². The number of aliphatic hydroxyl groups is 1. The van der Waals surface area contributed by atoms with Gasteiger partial charge in [-0.3, -0.25) is 14.6 Å². The molecule has 1 aromatic carbocycles. The van der Waals surface area contributed by atoms with Gasteiger partial charge in [0.25, 0.3) is 0 Å². The minimum absolute atomic E-state index is 0.142. The molecule has 1 heterocycles. The van der Waals surface area contributed by atoms with E-state index in [0.29, 0.717) is 25.7 Å². The standard InChI is InChI=1S/C20H31N3O3/c1-2-16-3-7-19(8-4-16)26-15-18(24)13-22-9-11-23(12-10-22)14-20(25)21-17-5-6-17/h3-4,7-8,17-18,24H,2,5-6,9-15H2,1H3,(H,21,25)/t18-/m0/s1. The van der Waals surface area contributed by atoms with Gasteiger partial charge in [-0.25, -0.2) is 0 Å². The van der Waals surface area contributed by atoms with Gasteiger partial charge in [-0.2, -0.15) is 0 Å². The number of benzene rings is 1. The van der Waals surface area contributed by atoms with Crippen molar-refractivity contribution >= 4 is 5.91 Å². The van der Waals surface area contributed by atoms with Crippen LogP contribution in [0.2, 0.25) is 0 Å². The Morgan fingerprint density at radius 2 is 1.85 bits per heavy atom. The maximum Gasteiger partial charge on any atom is 0.234 e. The predicted molar refractivity (Wildman–Crippen MR) is 101 cm³/mol. The van der Waals surface area contributed by atoms with Crippen molar-refractivity contribution in [2.75, 3.05) is 45.9 Å². The van der Waals surface area contributed by atoms with E-state index in [1.54, 1.807) is 0 Å². The summed E-state index contributed by atoms with van der Waals surface area (Å²) < 4.78 is 5.69. The number of β-amino-alcohol motifs (C(OH)–C–C–N with tert-alkyl or cyclic N) is 1. The summed E-state index contributed by atoms with van der Waals surface area (Å²) in [6.45, 7) is 7.00. The third-order valence-corrected chi connectivity index (χ3v) is 5.02. The highest BCUT2D eigenvalue weighted by molar-refractivity contribution is 5.78. The molecular formula is C20H31N3O3. The van der Waals surface area contributed by atoms with E-state index in [-0.39, 0.29) is 5.91 Å². The van der Waals surface area contributed by atoms with Crippen molar-refractivity contribution in [2.45, 2.75) is 38.3 Å². The molecule has 6 heteroatoms. The summed E-state index contributed by atoms with van der Waals surface area (Å²) in [4.78, 5) is 16.3. The number of aliphatic hydroxyl groups excluding tert-OH is 1. The maximum absolute atomic E-state index is 11.9. The van der Waals surface area contributed by atoms with E-state index in [9.17, 15) is 9.90 Å². The van der Waals surface area contributed by atoms with E-state index in [4.69, 9.17) is 4.74 Å². The topological polar surface area (TPSA) is 65.0 Å². The van der Waals surface area contributed by atoms with Gasteiger partial charge in [-0.05, 0) is 37.0 Å². The minimum atomic E-state index is -0.509. The van der Waals surface area contributed by atoms with Crippen LogP contribution < -0.4 is 10.1 Å². The zero-order valence-corrected chi connectivity index (χ0v) is 15.7. The number of piperazine rings is 1. The van der Waals surface area contributed by atoms with Gasteiger partial charge in [0.05, 0.1) is 6.54 Å². The number of aryl methyl sites for hydroxylation is 1. The number of rotatable bonds is 9. The van der Waals surface area contributed by atoms with Gasteiger partial charge in [0, 0.05) is 38.8 Å². The fourth-order valence-electron chi connectivity index (χ4n) is 3.20. The maximum atomic E-state index is 11.9. The number of hydrogen-bond acceptors (Lipinski definition) is 5. The second-order valence-electron chi connectivity index (χ2n) is 7.38. The zero-order chi connectivity index (χ0) is 18.4. The predicted octanol–water partition coefficient (Wildman–Crippen LogP) is 0.885. The Morgan fingerprint density at radius 3 is 2.46 bits per heavy atom. The van der Waals surface area contributed by atoms with Gasteiger partial charge in [0.1, 0.15) is 18.5 Å². The SMILES string of the molecule is CCc1ccc(OC[C@@H](O)CN2CCN(CC(=O)NC3CC3)CC2)cc1. The lowest BCUT2D eigenvalue weighted by Gasteiger charge is -2.35. The number of amides is 1. The molecule has 1 saturated carbocycles. The van der Waals surface area contributed by atoms with Crippen LogP contribution in [0.3, 0.4) is 0 Å². The van der Waals surface area contributed by atoms with Crippen LogP contribution in [0.1, 0.15) is 25.3 Å². The van der Waals surface area contributed by atoms with Crippen molar-refractivity contribution in [1.29, 1.82) is 0 Å². The molecule has 3 rings (SSSR count). The molecule has 1 saturated heterocycles. The highest BCUT2D eigenvalue weighted by atomic mass is 16.5. The first-order valence-corrected chi connectivity index (χ1v) is 9.76. The first-order valence-electron chi connectivity index (χ1n) is 9.76. The molecule has 0 bridgehead atoms. The first-order chi connectivity index (χ1) is 12.6. The fraction of sp³-hybridized carbons (Fsp3) is 0.650. The molecular weight excluding hydrogens is 330 g/mol. The van der Waals surface area contributed by atoms with Gasteiger partial charge >= 0.3 is 0 Å². The van der Waals surface area contributed by atoms with Crippen LogP contribution in [-0.2, 0) is 11.2 Å². The first kappa shape index (κ1) is 19.1. The Balaban J connectivity index is 1.31. The number of nitrogens with zero attached hydrogens (tertiary/aromatic N) is 2. The molecule has 0 radical (unpaired) electrons. The number of carbonyl (C=O) groups is 1. The second-order valence-corrected chi connectivity index (χ2v) is 7.38. The molecule has 1 aliphatic heterocycles. The molecule has 1 aliphatic carbocycles. The van der Waals surface area contributed by atoms with Crippen LogP contribution in [0.5, 0.6) is 5.75 Å². The molecule has 2 fully saturated rings. The van der Waals surface area contributed by atoms with Crippen molar-refractivity contribution in [1.82, 2.24) is 15.1 Å². The van der Waals surface area contributed by atoms with E-state index in [1.165, 1.54) is 5.56 Å². The van der Waals surface area contributed by atoms with Crippen LogP contribution in [-0.4, -0.2) is 78.8 Å². The van der Waals surface area contributed by atoms with Gasteiger partial charge in [-0.1, -0.05) is 19.1 Å². The van der Waals surface area contributed by atoms with Crippen LogP contribution in [0.4, 0.5) is 0 Å². The third kappa shape index (κ3) is 6.27. The highest BCUT2D eigenvalue weighted by Crippen LogP contribution is 2.18. The summed E-state index contributed by atoms with van der Waals surface area (Å²) in [5, 5.41) is 13.3. The molecule has 1 amide bonds. The van der Waals surface area contributed by atoms with Crippen LogP contribution in [0.15, 0.2) is 24.3 Å². The van der Waals surface area contributed by atoms with Crippen molar-refractivity contribution in [3.63, 3.8) is 0 Å². The molecule has 1 atom stereocenters. The van der Waals surface area contributed by atoms with Crippen molar-refractivity contribution in [2.24, 2.45) is 0 Å². The van der Waals surface area contributed by atoms with E-state index < -0.39 is 6.10 Å². The van der Waals surface area contributed by atoms with Crippen LogP contribution >= 0.6 is 0 Å². The Hall–Kier alpha value is -1.63. The van der Waals surface area contributed by atoms with Crippen LogP contribution in [0.25, 0.3) is 0 Å². The lowest BCUT2D eigenvalue weighted by molar-refractivity contribution is -0.122. The lowest BCUT2D eigenvalue weighted by Crippen LogP contribution is -2.51. The average Bonchev–Trinajstić information content (AvgIpc) is 3.46. The van der Waals surface area contributed by atoms with Crippen molar-refractivity contribution < 1.29 is 14.6 Å². The molecule has 0 aromatic heterocycles. The summed E-state index contributed by atoms with van der Waals surface area (Å²) in [5.74, 6) is 0.941. The third-order valence-electron chi connectivity index (χ3n) is 5.02. The second kappa shape index (κ2) is 9.35. The molecule has 0 unspecified atom stereocenters. The Kier molecular flexibility index (Phi) is 6.88. The quantitative estimate of drug-likeness (QED) is 0.684. The summed E-state index contributed by atoms with van der Waals surface area (Å²) in [6.07, 6.45) is 2.76. The lowest BCUT2D eigenvalue weighted by atomic mass is 10.2. The Labute approximate surface area is 156 Å². The van der Waals surface area contributed by atoms with Gasteiger partial charge < -0.3 is 15.2 Å². The van der Waals surface area contributed by atoms with Gasteiger partial charge in [0.2, 0.25) is 5.91 Å². The van der Waals surface area contributed by atoms with Gasteiger partial charge in [0.15, 0.2) is 0 Å². The Morgan fingerprint density at radius 1 is 1.19 bits per heavy atom. The smallest absolute Gasteiger partial charge is 0.234 e. The molecule has 26 heavy (non-hydrogen) atoms. The monoisotopic (exact) mass is 361 g/mol. The number of ether oxygens (including phenoxy) is 1.